The van der Waals surface area contributed by atoms with Crippen molar-refractivity contribution in [3.63, 3.8) is 0 Å². The van der Waals surface area contributed by atoms with Crippen LogP contribution in [0.4, 0.5) is 19.3 Å². The Morgan fingerprint density at radius 1 is 1.20 bits per heavy atom. The number of alkyl halides is 2. The van der Waals surface area contributed by atoms with Gasteiger partial charge in [-0.3, -0.25) is 9.47 Å². The number of amides is 2. The average Bonchev–Trinajstić information content (AvgIpc) is 3.06. The van der Waals surface area contributed by atoms with E-state index in [-0.39, 0.29) is 6.03 Å². The first-order valence-electron chi connectivity index (χ1n) is 8.18. The van der Waals surface area contributed by atoms with Crippen molar-refractivity contribution in [2.75, 3.05) is 31.5 Å². The number of imidazole rings is 1. The summed E-state index contributed by atoms with van der Waals surface area (Å²) in [5.41, 5.74) is 1.89. The molecule has 0 saturated carbocycles. The molecule has 134 valence electrons. The van der Waals surface area contributed by atoms with Crippen LogP contribution in [0, 0.1) is 6.92 Å². The summed E-state index contributed by atoms with van der Waals surface area (Å²) in [5, 5.41) is 2.88. The highest BCUT2D eigenvalue weighted by Gasteiger charge is 2.23. The minimum atomic E-state index is -2.58. The second kappa shape index (κ2) is 7.60. The van der Waals surface area contributed by atoms with Crippen LogP contribution >= 0.6 is 0 Å². The molecule has 1 N–H and O–H groups in total. The van der Waals surface area contributed by atoms with Crippen LogP contribution in [-0.2, 0) is 6.54 Å². The van der Waals surface area contributed by atoms with E-state index in [1.54, 1.807) is 4.90 Å². The van der Waals surface area contributed by atoms with E-state index in [4.69, 9.17) is 0 Å². The molecule has 2 amide bonds. The van der Waals surface area contributed by atoms with E-state index in [0.717, 1.165) is 15.8 Å². The van der Waals surface area contributed by atoms with Crippen molar-refractivity contribution in [1.82, 2.24) is 19.4 Å². The molecule has 25 heavy (non-hydrogen) atoms. The molecule has 0 radical (unpaired) electrons. The third-order valence-corrected chi connectivity index (χ3v) is 4.29. The summed E-state index contributed by atoms with van der Waals surface area (Å²) in [6.45, 7) is 2.10. The van der Waals surface area contributed by atoms with E-state index in [0.29, 0.717) is 38.5 Å². The predicted molar refractivity (Wildman–Crippen MR) is 90.5 cm³/mol. The summed E-state index contributed by atoms with van der Waals surface area (Å²) < 4.78 is 26.6. The topological polar surface area (TPSA) is 53.4 Å². The van der Waals surface area contributed by atoms with Crippen LogP contribution in [0.3, 0.4) is 0 Å². The largest absolute Gasteiger partial charge is 0.322 e. The number of aromatic nitrogens is 2. The first kappa shape index (κ1) is 17.3. The lowest BCUT2D eigenvalue weighted by molar-refractivity contribution is 0.0620. The quantitative estimate of drug-likeness (QED) is 0.923. The number of aryl methyl sites for hydroxylation is 1. The van der Waals surface area contributed by atoms with Crippen molar-refractivity contribution in [3.05, 3.63) is 48.0 Å². The molecular weight excluding hydrogens is 328 g/mol. The maximum Gasteiger partial charge on any atom is 0.321 e. The minimum absolute atomic E-state index is 0.141. The van der Waals surface area contributed by atoms with Gasteiger partial charge in [0.1, 0.15) is 5.82 Å². The number of rotatable bonds is 4. The summed E-state index contributed by atoms with van der Waals surface area (Å²) in [6, 6.07) is 7.48. The normalized spacial score (nSPS) is 15.6. The van der Waals surface area contributed by atoms with Crippen molar-refractivity contribution in [3.8, 4) is 0 Å². The number of carbonyl (C=O) groups excluding carboxylic acids is 1. The summed E-state index contributed by atoms with van der Waals surface area (Å²) in [6.07, 6.45) is 2.66. The van der Waals surface area contributed by atoms with Gasteiger partial charge in [0, 0.05) is 44.3 Å². The molecule has 1 aromatic carbocycles. The van der Waals surface area contributed by atoms with Crippen LogP contribution in [0.1, 0.15) is 17.9 Å². The molecule has 2 aromatic rings. The van der Waals surface area contributed by atoms with Crippen LogP contribution in [0.25, 0.3) is 0 Å². The van der Waals surface area contributed by atoms with Gasteiger partial charge in [0.25, 0.3) is 0 Å². The molecule has 1 aliphatic heterocycles. The van der Waals surface area contributed by atoms with E-state index >= 15 is 0 Å². The molecule has 6 nitrogen and oxygen atoms in total. The number of hydrogen-bond donors (Lipinski definition) is 1. The molecule has 1 aliphatic rings. The standard InChI is InChI=1S/C17H21F2N5O/c1-13-2-4-14(5-3-13)21-17(25)23-10-8-22(9-11-23)12-15-20-6-7-24(15)16(18)19/h2-7,16H,8-12H2,1H3,(H,21,25). The lowest BCUT2D eigenvalue weighted by atomic mass is 10.2. The van der Waals surface area contributed by atoms with Gasteiger partial charge in [-0.2, -0.15) is 8.78 Å². The number of halogens is 2. The van der Waals surface area contributed by atoms with Crippen LogP contribution in [0.2, 0.25) is 0 Å². The van der Waals surface area contributed by atoms with Gasteiger partial charge >= 0.3 is 12.6 Å². The molecule has 0 aliphatic carbocycles. The Kier molecular flexibility index (Phi) is 5.28. The molecule has 1 aromatic heterocycles. The number of anilines is 1. The Hall–Kier alpha value is -2.48. The molecule has 3 rings (SSSR count). The highest BCUT2D eigenvalue weighted by atomic mass is 19.3. The third kappa shape index (κ3) is 4.33. The zero-order valence-corrected chi connectivity index (χ0v) is 14.0. The molecule has 1 saturated heterocycles. The number of hydrogen-bond acceptors (Lipinski definition) is 3. The summed E-state index contributed by atoms with van der Waals surface area (Å²) in [7, 11) is 0. The highest BCUT2D eigenvalue weighted by Crippen LogP contribution is 2.15. The minimum Gasteiger partial charge on any atom is -0.322 e. The van der Waals surface area contributed by atoms with Crippen molar-refractivity contribution < 1.29 is 13.6 Å². The van der Waals surface area contributed by atoms with E-state index in [1.165, 1.54) is 12.4 Å². The molecule has 0 bridgehead atoms. The molecule has 2 heterocycles. The molecule has 0 spiro atoms. The van der Waals surface area contributed by atoms with Gasteiger partial charge in [-0.15, -0.1) is 0 Å². The number of nitrogens with zero attached hydrogens (tertiary/aromatic N) is 4. The van der Waals surface area contributed by atoms with Crippen molar-refractivity contribution in [2.45, 2.75) is 20.0 Å². The summed E-state index contributed by atoms with van der Waals surface area (Å²) in [5.74, 6) is 0.340. The van der Waals surface area contributed by atoms with Crippen LogP contribution < -0.4 is 5.32 Å². The van der Waals surface area contributed by atoms with E-state index in [9.17, 15) is 13.6 Å². The Labute approximate surface area is 145 Å². The molecule has 8 heteroatoms. The lowest BCUT2D eigenvalue weighted by Crippen LogP contribution is -2.49. The second-order valence-corrected chi connectivity index (χ2v) is 6.09. The summed E-state index contributed by atoms with van der Waals surface area (Å²) >= 11 is 0. The smallest absolute Gasteiger partial charge is 0.321 e. The fourth-order valence-corrected chi connectivity index (χ4v) is 2.79. The molecule has 1 fully saturated rings. The maximum atomic E-state index is 12.9. The van der Waals surface area contributed by atoms with Gasteiger partial charge in [0.05, 0.1) is 6.54 Å². The van der Waals surface area contributed by atoms with Gasteiger partial charge in [0.2, 0.25) is 0 Å². The van der Waals surface area contributed by atoms with Gasteiger partial charge in [0.15, 0.2) is 0 Å². The van der Waals surface area contributed by atoms with Gasteiger partial charge in [-0.1, -0.05) is 17.7 Å². The van der Waals surface area contributed by atoms with Crippen molar-refractivity contribution >= 4 is 11.7 Å². The summed E-state index contributed by atoms with van der Waals surface area (Å²) in [4.78, 5) is 20.1. The molecule has 0 atom stereocenters. The number of nitrogens with one attached hydrogen (secondary N) is 1. The zero-order chi connectivity index (χ0) is 17.8. The maximum absolute atomic E-state index is 12.9. The van der Waals surface area contributed by atoms with Crippen molar-refractivity contribution in [1.29, 1.82) is 0 Å². The molecule has 0 unspecified atom stereocenters. The zero-order valence-electron chi connectivity index (χ0n) is 14.0. The monoisotopic (exact) mass is 349 g/mol. The Bertz CT molecular complexity index is 708. The second-order valence-electron chi connectivity index (χ2n) is 6.09. The van der Waals surface area contributed by atoms with E-state index in [1.807, 2.05) is 36.1 Å². The highest BCUT2D eigenvalue weighted by molar-refractivity contribution is 5.89. The SMILES string of the molecule is Cc1ccc(NC(=O)N2CCN(Cc3nccn3C(F)F)CC2)cc1. The van der Waals surface area contributed by atoms with Gasteiger partial charge in [-0.05, 0) is 19.1 Å². The van der Waals surface area contributed by atoms with E-state index < -0.39 is 6.55 Å². The Morgan fingerprint density at radius 2 is 1.88 bits per heavy atom. The van der Waals surface area contributed by atoms with E-state index in [2.05, 4.69) is 10.3 Å². The third-order valence-electron chi connectivity index (χ3n) is 4.29. The number of piperazine rings is 1. The Balaban J connectivity index is 1.50. The first-order valence-corrected chi connectivity index (χ1v) is 8.18. The molecular formula is C17H21F2N5O. The fourth-order valence-electron chi connectivity index (χ4n) is 2.79. The lowest BCUT2D eigenvalue weighted by Gasteiger charge is -2.34. The number of urea groups is 1. The Morgan fingerprint density at radius 3 is 2.52 bits per heavy atom. The van der Waals surface area contributed by atoms with Crippen LogP contribution in [0.15, 0.2) is 36.7 Å². The number of carbonyl (C=O) groups is 1. The average molecular weight is 349 g/mol. The van der Waals surface area contributed by atoms with Gasteiger partial charge < -0.3 is 10.2 Å². The fraction of sp³-hybridized carbons (Fsp3) is 0.412. The van der Waals surface area contributed by atoms with Crippen LogP contribution in [0.5, 0.6) is 0 Å². The van der Waals surface area contributed by atoms with Gasteiger partial charge in [-0.25, -0.2) is 9.78 Å². The number of benzene rings is 1. The van der Waals surface area contributed by atoms with Crippen molar-refractivity contribution in [2.24, 2.45) is 0 Å². The predicted octanol–water partition coefficient (Wildman–Crippen LogP) is 2.94. The van der Waals surface area contributed by atoms with Crippen LogP contribution in [-0.4, -0.2) is 51.6 Å². The first-order chi connectivity index (χ1) is 12.0.